The number of amides is 1. The van der Waals surface area contributed by atoms with Crippen LogP contribution in [0, 0.1) is 5.82 Å². The van der Waals surface area contributed by atoms with Crippen LogP contribution in [0.1, 0.15) is 24.9 Å². The van der Waals surface area contributed by atoms with E-state index in [9.17, 15) is 9.18 Å². The molecule has 120 valence electrons. The molecule has 0 spiro atoms. The molecule has 1 aromatic rings. The lowest BCUT2D eigenvalue weighted by atomic mass is 10.1. The zero-order chi connectivity index (χ0) is 15.3. The number of hydrogen-bond acceptors (Lipinski definition) is 3. The summed E-state index contributed by atoms with van der Waals surface area (Å²) in [5.74, 6) is -0.0453. The number of nitrogens with two attached hydrogens (primary N) is 1. The lowest BCUT2D eigenvalue weighted by Crippen LogP contribution is -2.42. The van der Waals surface area contributed by atoms with Gasteiger partial charge in [-0.15, -0.1) is 12.4 Å². The molecule has 2 unspecified atom stereocenters. The Bertz CT molecular complexity index is 491. The molecule has 0 bridgehead atoms. The number of carbonyl (C=O) groups excluding carboxylic acids is 1. The minimum atomic E-state index is -0.583. The highest BCUT2D eigenvalue weighted by Crippen LogP contribution is 2.28. The number of thioether (sulfide) groups is 1. The van der Waals surface area contributed by atoms with E-state index in [2.05, 4.69) is 5.32 Å². The van der Waals surface area contributed by atoms with Gasteiger partial charge in [-0.2, -0.15) is 11.8 Å². The molecule has 2 atom stereocenters. The Morgan fingerprint density at radius 1 is 1.43 bits per heavy atom. The fourth-order valence-electron chi connectivity index (χ4n) is 1.64. The van der Waals surface area contributed by atoms with E-state index in [-0.39, 0.29) is 23.3 Å². The van der Waals surface area contributed by atoms with Crippen molar-refractivity contribution in [2.75, 3.05) is 12.0 Å². The molecule has 1 amide bonds. The van der Waals surface area contributed by atoms with E-state index < -0.39 is 17.9 Å². The van der Waals surface area contributed by atoms with Crippen molar-refractivity contribution in [3.8, 4) is 0 Å². The Morgan fingerprint density at radius 2 is 2.05 bits per heavy atom. The summed E-state index contributed by atoms with van der Waals surface area (Å²) in [4.78, 5) is 11.9. The van der Waals surface area contributed by atoms with E-state index in [0.29, 0.717) is 17.0 Å². The Balaban J connectivity index is 0.00000400. The van der Waals surface area contributed by atoms with Gasteiger partial charge in [-0.25, -0.2) is 4.39 Å². The van der Waals surface area contributed by atoms with Crippen molar-refractivity contribution in [3.05, 3.63) is 33.6 Å². The third-order valence-corrected chi connectivity index (χ3v) is 4.10. The van der Waals surface area contributed by atoms with Crippen LogP contribution in [0.2, 0.25) is 10.0 Å². The summed E-state index contributed by atoms with van der Waals surface area (Å²) in [5.41, 5.74) is 6.24. The minimum Gasteiger partial charge on any atom is -0.348 e. The average molecular weight is 376 g/mol. The Labute approximate surface area is 144 Å². The second-order valence-electron chi connectivity index (χ2n) is 4.41. The normalized spacial score (nSPS) is 13.2. The first-order valence-electron chi connectivity index (χ1n) is 6.06. The van der Waals surface area contributed by atoms with Crippen molar-refractivity contribution in [2.45, 2.75) is 25.4 Å². The van der Waals surface area contributed by atoms with E-state index in [1.807, 2.05) is 6.26 Å². The first-order valence-corrected chi connectivity index (χ1v) is 8.21. The molecule has 21 heavy (non-hydrogen) atoms. The van der Waals surface area contributed by atoms with Gasteiger partial charge in [-0.05, 0) is 43.0 Å². The second-order valence-corrected chi connectivity index (χ2v) is 6.21. The molecule has 3 N–H and O–H groups in total. The second kappa shape index (κ2) is 9.74. The maximum absolute atomic E-state index is 13.5. The largest absolute Gasteiger partial charge is 0.348 e. The van der Waals surface area contributed by atoms with Crippen LogP contribution in [0.4, 0.5) is 4.39 Å². The zero-order valence-electron chi connectivity index (χ0n) is 11.7. The number of benzene rings is 1. The molecule has 0 aliphatic carbocycles. The van der Waals surface area contributed by atoms with Gasteiger partial charge in [0.05, 0.1) is 17.1 Å². The van der Waals surface area contributed by atoms with Crippen LogP contribution in [0.25, 0.3) is 0 Å². The maximum atomic E-state index is 13.5. The SMILES string of the molecule is CSCCC(N)C(=O)NC(C)c1cc(F)c(Cl)cc1Cl.Cl. The predicted molar refractivity (Wildman–Crippen MR) is 91.2 cm³/mol. The fraction of sp³-hybridized carbons (Fsp3) is 0.462. The molecule has 1 aromatic carbocycles. The first-order chi connectivity index (χ1) is 9.36. The van der Waals surface area contributed by atoms with Gasteiger partial charge in [-0.3, -0.25) is 4.79 Å². The highest BCUT2D eigenvalue weighted by molar-refractivity contribution is 7.98. The molecule has 8 heteroatoms. The lowest BCUT2D eigenvalue weighted by Gasteiger charge is -2.19. The average Bonchev–Trinajstić information content (AvgIpc) is 2.39. The number of rotatable bonds is 6. The summed E-state index contributed by atoms with van der Waals surface area (Å²) in [7, 11) is 0. The van der Waals surface area contributed by atoms with Crippen LogP contribution in [0.3, 0.4) is 0 Å². The smallest absolute Gasteiger partial charge is 0.237 e. The summed E-state index contributed by atoms with van der Waals surface area (Å²) in [6.45, 7) is 1.72. The van der Waals surface area contributed by atoms with E-state index in [4.69, 9.17) is 28.9 Å². The quantitative estimate of drug-likeness (QED) is 0.743. The Kier molecular flexibility index (Phi) is 9.65. The van der Waals surface area contributed by atoms with Gasteiger partial charge >= 0.3 is 0 Å². The summed E-state index contributed by atoms with van der Waals surface area (Å²) in [6, 6.07) is 1.52. The van der Waals surface area contributed by atoms with Crippen LogP contribution in [-0.4, -0.2) is 24.0 Å². The molecule has 0 radical (unpaired) electrons. The molecule has 1 rings (SSSR count). The summed E-state index contributed by atoms with van der Waals surface area (Å²) < 4.78 is 13.5. The minimum absolute atomic E-state index is 0. The molecule has 0 aliphatic rings. The van der Waals surface area contributed by atoms with E-state index in [0.717, 1.165) is 5.75 Å². The molecule has 0 heterocycles. The summed E-state index contributed by atoms with van der Waals surface area (Å²) >= 11 is 13.3. The van der Waals surface area contributed by atoms with Gasteiger partial charge in [0, 0.05) is 5.02 Å². The third-order valence-electron chi connectivity index (χ3n) is 2.83. The van der Waals surface area contributed by atoms with Crippen LogP contribution >= 0.6 is 47.4 Å². The highest BCUT2D eigenvalue weighted by atomic mass is 35.5. The maximum Gasteiger partial charge on any atom is 0.237 e. The fourth-order valence-corrected chi connectivity index (χ4v) is 2.68. The lowest BCUT2D eigenvalue weighted by molar-refractivity contribution is -0.123. The number of hydrogen-bond donors (Lipinski definition) is 2. The Morgan fingerprint density at radius 3 is 2.62 bits per heavy atom. The van der Waals surface area contributed by atoms with Gasteiger partial charge in [-0.1, -0.05) is 23.2 Å². The molecule has 0 saturated carbocycles. The molecule has 3 nitrogen and oxygen atoms in total. The molecule has 0 aliphatic heterocycles. The topological polar surface area (TPSA) is 55.1 Å². The van der Waals surface area contributed by atoms with Gasteiger partial charge in [0.2, 0.25) is 5.91 Å². The van der Waals surface area contributed by atoms with Crippen LogP contribution < -0.4 is 11.1 Å². The summed E-state index contributed by atoms with van der Waals surface area (Å²) in [6.07, 6.45) is 2.53. The third kappa shape index (κ3) is 6.20. The van der Waals surface area contributed by atoms with E-state index >= 15 is 0 Å². The molecular weight excluding hydrogens is 358 g/mol. The monoisotopic (exact) mass is 374 g/mol. The molecule has 0 aromatic heterocycles. The van der Waals surface area contributed by atoms with E-state index in [1.165, 1.54) is 12.1 Å². The van der Waals surface area contributed by atoms with Gasteiger partial charge in [0.1, 0.15) is 5.82 Å². The number of carbonyl (C=O) groups is 1. The standard InChI is InChI=1S/C13H17Cl2FN2OS.ClH/c1-7(18-13(19)12(17)3-4-20-2)8-5-11(16)10(15)6-9(8)14;/h5-7,12H,3-4,17H2,1-2H3,(H,18,19);1H. The number of halogens is 4. The van der Waals surface area contributed by atoms with E-state index in [1.54, 1.807) is 18.7 Å². The van der Waals surface area contributed by atoms with Gasteiger partial charge in [0.25, 0.3) is 0 Å². The highest BCUT2D eigenvalue weighted by Gasteiger charge is 2.19. The van der Waals surface area contributed by atoms with Gasteiger partial charge < -0.3 is 11.1 Å². The van der Waals surface area contributed by atoms with Gasteiger partial charge in [0.15, 0.2) is 0 Å². The zero-order valence-corrected chi connectivity index (χ0v) is 14.8. The molecular formula is C13H18Cl3FN2OS. The van der Waals surface area contributed by atoms with Crippen molar-refractivity contribution in [3.63, 3.8) is 0 Å². The molecule has 0 saturated heterocycles. The van der Waals surface area contributed by atoms with Crippen molar-refractivity contribution in [1.29, 1.82) is 0 Å². The van der Waals surface area contributed by atoms with Crippen molar-refractivity contribution >= 4 is 53.3 Å². The Hall–Kier alpha value is -0.200. The van der Waals surface area contributed by atoms with Crippen LogP contribution in [0.15, 0.2) is 12.1 Å². The first kappa shape index (κ1) is 20.8. The molecule has 0 fully saturated rings. The van der Waals surface area contributed by atoms with Crippen LogP contribution in [0.5, 0.6) is 0 Å². The van der Waals surface area contributed by atoms with Crippen molar-refractivity contribution < 1.29 is 9.18 Å². The number of nitrogens with one attached hydrogen (secondary N) is 1. The van der Waals surface area contributed by atoms with Crippen molar-refractivity contribution in [2.24, 2.45) is 5.73 Å². The van der Waals surface area contributed by atoms with Crippen molar-refractivity contribution in [1.82, 2.24) is 5.32 Å². The summed E-state index contributed by atoms with van der Waals surface area (Å²) in [5, 5.41) is 2.98. The van der Waals surface area contributed by atoms with Crippen LogP contribution in [-0.2, 0) is 4.79 Å². The predicted octanol–water partition coefficient (Wildman–Crippen LogP) is 3.81.